The Morgan fingerprint density at radius 1 is 0.783 bits per heavy atom. The van der Waals surface area contributed by atoms with Crippen molar-refractivity contribution in [2.75, 3.05) is 27.3 Å². The summed E-state index contributed by atoms with van der Waals surface area (Å²) in [6.45, 7) is 5.54. The van der Waals surface area contributed by atoms with E-state index < -0.39 is 0 Å². The number of nitrogens with zero attached hydrogens (tertiary/aromatic N) is 1. The molecule has 0 bridgehead atoms. The molecule has 0 aromatic rings. The smallest absolute Gasteiger partial charge is 0.0925 e. The Hall–Kier alpha value is -0.120. The molecule has 0 aromatic carbocycles. The van der Waals surface area contributed by atoms with Crippen LogP contribution in [-0.4, -0.2) is 49.5 Å². The molecule has 23 heavy (non-hydrogen) atoms. The van der Waals surface area contributed by atoms with Gasteiger partial charge < -0.3 is 14.7 Å². The first kappa shape index (κ1) is 22.9. The summed E-state index contributed by atoms with van der Waals surface area (Å²) >= 11 is 0. The van der Waals surface area contributed by atoms with Crippen LogP contribution in [0.25, 0.3) is 0 Å². The first-order valence-electron chi connectivity index (χ1n) is 10.0. The molecular weight excluding hydrogens is 286 g/mol. The summed E-state index contributed by atoms with van der Waals surface area (Å²) in [7, 11) is 3.97. The summed E-state index contributed by atoms with van der Waals surface area (Å²) < 4.78 is 5.58. The van der Waals surface area contributed by atoms with E-state index in [0.29, 0.717) is 6.61 Å². The molecule has 0 aliphatic heterocycles. The minimum absolute atomic E-state index is 0.150. The number of unbranched alkanes of at least 4 members (excludes halogenated alkanes) is 11. The van der Waals surface area contributed by atoms with Gasteiger partial charge in [-0.2, -0.15) is 0 Å². The molecule has 0 fully saturated rings. The van der Waals surface area contributed by atoms with Gasteiger partial charge in [0.15, 0.2) is 0 Å². The normalized spacial score (nSPS) is 14.3. The zero-order valence-electron chi connectivity index (χ0n) is 16.4. The molecule has 1 unspecified atom stereocenters. The van der Waals surface area contributed by atoms with Crippen molar-refractivity contribution in [3.05, 3.63) is 0 Å². The van der Waals surface area contributed by atoms with Gasteiger partial charge in [0.25, 0.3) is 0 Å². The van der Waals surface area contributed by atoms with E-state index in [0.717, 1.165) is 13.0 Å². The van der Waals surface area contributed by atoms with Crippen LogP contribution < -0.4 is 0 Å². The fraction of sp³-hybridized carbons (Fsp3) is 1.00. The molecular formula is C20H43NO2. The van der Waals surface area contributed by atoms with Gasteiger partial charge in [-0.3, -0.25) is 0 Å². The predicted octanol–water partition coefficient (Wildman–Crippen LogP) is 5.02. The average molecular weight is 330 g/mol. The van der Waals surface area contributed by atoms with Gasteiger partial charge in [-0.05, 0) is 27.4 Å². The summed E-state index contributed by atoms with van der Waals surface area (Å²) in [5, 5.41) is 9.91. The quantitative estimate of drug-likeness (QED) is 0.381. The van der Waals surface area contributed by atoms with Gasteiger partial charge in [0.1, 0.15) is 0 Å². The van der Waals surface area contributed by atoms with E-state index in [2.05, 4.69) is 6.92 Å². The van der Waals surface area contributed by atoms with Gasteiger partial charge in [0.05, 0.1) is 12.7 Å². The van der Waals surface area contributed by atoms with Gasteiger partial charge in [0.2, 0.25) is 0 Å². The highest BCUT2D eigenvalue weighted by atomic mass is 16.5. The van der Waals surface area contributed by atoms with Gasteiger partial charge >= 0.3 is 0 Å². The molecule has 0 heterocycles. The van der Waals surface area contributed by atoms with E-state index >= 15 is 0 Å². The molecule has 0 amide bonds. The van der Waals surface area contributed by atoms with Crippen molar-refractivity contribution >= 4 is 0 Å². The van der Waals surface area contributed by atoms with Crippen LogP contribution in [0.15, 0.2) is 0 Å². The van der Waals surface area contributed by atoms with Crippen LogP contribution in [0, 0.1) is 0 Å². The molecule has 3 nitrogen and oxygen atoms in total. The Morgan fingerprint density at radius 3 is 1.65 bits per heavy atom. The highest BCUT2D eigenvalue weighted by Crippen LogP contribution is 2.12. The van der Waals surface area contributed by atoms with Crippen molar-refractivity contribution in [2.45, 2.75) is 103 Å². The van der Waals surface area contributed by atoms with Crippen LogP contribution in [0.5, 0.6) is 0 Å². The molecule has 0 aliphatic rings. The SMILES string of the molecule is CCCCCCCCCCCCCCOC[C@@H](O)C(C)N(C)C. The van der Waals surface area contributed by atoms with Crippen LogP contribution >= 0.6 is 0 Å². The van der Waals surface area contributed by atoms with Crippen LogP contribution in [0.1, 0.15) is 90.9 Å². The van der Waals surface area contributed by atoms with E-state index in [1.807, 2.05) is 25.9 Å². The van der Waals surface area contributed by atoms with E-state index in [-0.39, 0.29) is 12.1 Å². The molecule has 140 valence electrons. The molecule has 0 aliphatic carbocycles. The second-order valence-electron chi connectivity index (χ2n) is 7.24. The largest absolute Gasteiger partial charge is 0.389 e. The summed E-state index contributed by atoms with van der Waals surface area (Å²) in [5.41, 5.74) is 0. The highest BCUT2D eigenvalue weighted by molar-refractivity contribution is 4.69. The second kappa shape index (κ2) is 16.7. The Bertz CT molecular complexity index is 234. The first-order chi connectivity index (χ1) is 11.1. The highest BCUT2D eigenvalue weighted by Gasteiger charge is 2.15. The maximum absolute atomic E-state index is 9.91. The Balaban J connectivity index is 3.16. The average Bonchev–Trinajstić information content (AvgIpc) is 2.54. The molecule has 1 N–H and O–H groups in total. The van der Waals surface area contributed by atoms with Crippen molar-refractivity contribution in [3.8, 4) is 0 Å². The van der Waals surface area contributed by atoms with Crippen molar-refractivity contribution in [1.82, 2.24) is 4.90 Å². The summed E-state index contributed by atoms with van der Waals surface area (Å²) in [4.78, 5) is 2.03. The number of hydrogen-bond donors (Lipinski definition) is 1. The number of ether oxygens (including phenoxy) is 1. The molecule has 0 saturated carbocycles. The number of rotatable bonds is 17. The zero-order valence-corrected chi connectivity index (χ0v) is 16.4. The number of aliphatic hydroxyl groups excluding tert-OH is 1. The van der Waals surface area contributed by atoms with Gasteiger partial charge in [-0.25, -0.2) is 0 Å². The fourth-order valence-electron chi connectivity index (χ4n) is 2.73. The van der Waals surface area contributed by atoms with Crippen molar-refractivity contribution in [1.29, 1.82) is 0 Å². The second-order valence-corrected chi connectivity index (χ2v) is 7.24. The monoisotopic (exact) mass is 329 g/mol. The van der Waals surface area contributed by atoms with Crippen LogP contribution in [-0.2, 0) is 4.74 Å². The van der Waals surface area contributed by atoms with E-state index in [1.165, 1.54) is 70.6 Å². The summed E-state index contributed by atoms with van der Waals surface area (Å²) in [6.07, 6.45) is 16.0. The minimum atomic E-state index is -0.387. The first-order valence-corrected chi connectivity index (χ1v) is 10.0. The zero-order chi connectivity index (χ0) is 17.3. The third-order valence-corrected chi connectivity index (χ3v) is 4.80. The van der Waals surface area contributed by atoms with Crippen LogP contribution in [0.3, 0.4) is 0 Å². The third kappa shape index (κ3) is 15.2. The lowest BCUT2D eigenvalue weighted by Crippen LogP contribution is -2.39. The van der Waals surface area contributed by atoms with Crippen LogP contribution in [0.2, 0.25) is 0 Å². The molecule has 0 radical (unpaired) electrons. The number of likely N-dealkylation sites (N-methyl/N-ethyl adjacent to an activating group) is 1. The Morgan fingerprint density at radius 2 is 1.22 bits per heavy atom. The Labute approximate surface area is 145 Å². The third-order valence-electron chi connectivity index (χ3n) is 4.80. The van der Waals surface area contributed by atoms with Crippen molar-refractivity contribution in [2.24, 2.45) is 0 Å². The molecule has 0 aromatic heterocycles. The van der Waals surface area contributed by atoms with Crippen molar-refractivity contribution < 1.29 is 9.84 Å². The van der Waals surface area contributed by atoms with E-state index in [9.17, 15) is 5.11 Å². The Kier molecular flexibility index (Phi) is 16.6. The minimum Gasteiger partial charge on any atom is -0.389 e. The number of aliphatic hydroxyl groups is 1. The van der Waals surface area contributed by atoms with Gasteiger partial charge in [-0.1, -0.05) is 77.6 Å². The van der Waals surface area contributed by atoms with Gasteiger partial charge in [-0.15, -0.1) is 0 Å². The molecule has 0 saturated heterocycles. The molecule has 0 rings (SSSR count). The molecule has 3 heteroatoms. The number of hydrogen-bond acceptors (Lipinski definition) is 3. The predicted molar refractivity (Wildman–Crippen MR) is 101 cm³/mol. The fourth-order valence-corrected chi connectivity index (χ4v) is 2.73. The van der Waals surface area contributed by atoms with E-state index in [4.69, 9.17) is 4.74 Å². The lowest BCUT2D eigenvalue weighted by atomic mass is 10.1. The van der Waals surface area contributed by atoms with Crippen LogP contribution in [0.4, 0.5) is 0 Å². The maximum atomic E-state index is 9.91. The lowest BCUT2D eigenvalue weighted by molar-refractivity contribution is -0.00211. The summed E-state index contributed by atoms with van der Waals surface area (Å²) in [5.74, 6) is 0. The standard InChI is InChI=1S/C20H43NO2/c1-5-6-7-8-9-10-11-12-13-14-15-16-17-23-18-20(22)19(2)21(3)4/h19-20,22H,5-18H2,1-4H3/t19?,20-/m1/s1. The topological polar surface area (TPSA) is 32.7 Å². The molecule has 0 spiro atoms. The van der Waals surface area contributed by atoms with Gasteiger partial charge in [0, 0.05) is 12.6 Å². The maximum Gasteiger partial charge on any atom is 0.0925 e. The van der Waals surface area contributed by atoms with Crippen molar-refractivity contribution in [3.63, 3.8) is 0 Å². The summed E-state index contributed by atoms with van der Waals surface area (Å²) in [6, 6.07) is 0.150. The van der Waals surface area contributed by atoms with E-state index in [1.54, 1.807) is 0 Å². The lowest BCUT2D eigenvalue weighted by Gasteiger charge is -2.25. The molecule has 2 atom stereocenters.